The molecule has 0 heterocycles. The normalized spacial score (nSPS) is 15.6. The topological polar surface area (TPSA) is 49.8 Å². The zero-order chi connectivity index (χ0) is 12.9. The molecule has 0 aliphatic carbocycles. The van der Waals surface area contributed by atoms with Crippen molar-refractivity contribution in [1.29, 1.82) is 0 Å². The molecule has 4 heteroatoms. The Labute approximate surface area is 98.6 Å². The number of aliphatic hydroxyl groups is 1. The molecule has 0 aliphatic heterocycles. The van der Waals surface area contributed by atoms with Crippen LogP contribution in [0.1, 0.15) is 41.5 Å². The average molecular weight is 231 g/mol. The summed E-state index contributed by atoms with van der Waals surface area (Å²) in [7, 11) is 0. The molecule has 0 saturated carbocycles. The van der Waals surface area contributed by atoms with E-state index in [0.717, 1.165) is 0 Å². The summed E-state index contributed by atoms with van der Waals surface area (Å²) in [5.74, 6) is -0.347. The van der Waals surface area contributed by atoms with Gasteiger partial charge in [0.2, 0.25) is 0 Å². The Hall–Kier alpha value is -0.610. The fraction of sp³-hybridized carbons (Fsp3) is 0.917. The molecule has 0 aromatic rings. The van der Waals surface area contributed by atoms with Crippen LogP contribution in [0.4, 0.5) is 0 Å². The second kappa shape index (κ2) is 6.86. The maximum Gasteiger partial charge on any atom is 0.326 e. The molecule has 0 aliphatic rings. The van der Waals surface area contributed by atoms with Crippen molar-refractivity contribution in [3.8, 4) is 0 Å². The molecule has 0 saturated heterocycles. The third-order valence-electron chi connectivity index (χ3n) is 2.50. The van der Waals surface area contributed by atoms with Crippen LogP contribution < -0.4 is 0 Å². The summed E-state index contributed by atoms with van der Waals surface area (Å²) < 4.78 is 5.01. The Morgan fingerprint density at radius 3 is 1.88 bits per heavy atom. The van der Waals surface area contributed by atoms with Crippen LogP contribution >= 0.6 is 0 Å². The molecule has 0 spiro atoms. The van der Waals surface area contributed by atoms with Crippen LogP contribution in [0.5, 0.6) is 0 Å². The molecular weight excluding hydrogens is 206 g/mol. The van der Waals surface area contributed by atoms with E-state index in [-0.39, 0.29) is 18.1 Å². The Kier molecular flexibility index (Phi) is 6.60. The standard InChI is InChI=1S/C12H25NO3/c1-7-16-12(15)11(10(6)14)13(8(2)3)9(4)5/h8-11,14H,7H2,1-6H3/t10-,11+/m0/s1. The van der Waals surface area contributed by atoms with Crippen LogP contribution in [0.15, 0.2) is 0 Å². The Balaban J connectivity index is 4.92. The molecule has 0 rings (SSSR count). The molecule has 4 nitrogen and oxygen atoms in total. The lowest BCUT2D eigenvalue weighted by Crippen LogP contribution is -2.54. The molecule has 0 amide bonds. The van der Waals surface area contributed by atoms with Gasteiger partial charge in [-0.1, -0.05) is 0 Å². The zero-order valence-electron chi connectivity index (χ0n) is 11.2. The minimum absolute atomic E-state index is 0.184. The fourth-order valence-corrected chi connectivity index (χ4v) is 2.03. The van der Waals surface area contributed by atoms with Gasteiger partial charge >= 0.3 is 5.97 Å². The molecule has 0 fully saturated rings. The van der Waals surface area contributed by atoms with Gasteiger partial charge in [0, 0.05) is 12.1 Å². The highest BCUT2D eigenvalue weighted by Gasteiger charge is 2.34. The van der Waals surface area contributed by atoms with E-state index in [1.807, 2.05) is 32.6 Å². The van der Waals surface area contributed by atoms with E-state index in [1.165, 1.54) is 0 Å². The van der Waals surface area contributed by atoms with Crippen LogP contribution in [0.3, 0.4) is 0 Å². The lowest BCUT2D eigenvalue weighted by Gasteiger charge is -2.37. The first-order valence-electron chi connectivity index (χ1n) is 5.95. The van der Waals surface area contributed by atoms with Gasteiger partial charge in [0.1, 0.15) is 6.04 Å². The monoisotopic (exact) mass is 231 g/mol. The highest BCUT2D eigenvalue weighted by Crippen LogP contribution is 2.15. The van der Waals surface area contributed by atoms with Crippen LogP contribution in [0.2, 0.25) is 0 Å². The van der Waals surface area contributed by atoms with E-state index >= 15 is 0 Å². The van der Waals surface area contributed by atoms with E-state index < -0.39 is 12.1 Å². The maximum absolute atomic E-state index is 11.8. The van der Waals surface area contributed by atoms with Crippen LogP contribution in [0, 0.1) is 0 Å². The number of aliphatic hydroxyl groups excluding tert-OH is 1. The maximum atomic E-state index is 11.8. The first-order valence-corrected chi connectivity index (χ1v) is 5.95. The van der Waals surface area contributed by atoms with Crippen LogP contribution in [0.25, 0.3) is 0 Å². The number of hydrogen-bond acceptors (Lipinski definition) is 4. The summed E-state index contributed by atoms with van der Waals surface area (Å²) in [6.45, 7) is 11.8. The Morgan fingerprint density at radius 2 is 1.62 bits per heavy atom. The van der Waals surface area contributed by atoms with Gasteiger partial charge in [-0.05, 0) is 41.5 Å². The SMILES string of the molecule is CCOC(=O)[C@@H]([C@H](C)O)N(C(C)C)C(C)C. The van der Waals surface area contributed by atoms with Gasteiger partial charge in [0.05, 0.1) is 12.7 Å². The number of rotatable bonds is 6. The van der Waals surface area contributed by atoms with E-state index in [1.54, 1.807) is 13.8 Å². The van der Waals surface area contributed by atoms with Gasteiger partial charge in [-0.25, -0.2) is 0 Å². The highest BCUT2D eigenvalue weighted by atomic mass is 16.5. The lowest BCUT2D eigenvalue weighted by molar-refractivity contribution is -0.156. The molecule has 2 atom stereocenters. The quantitative estimate of drug-likeness (QED) is 0.702. The zero-order valence-corrected chi connectivity index (χ0v) is 11.2. The number of ether oxygens (including phenoxy) is 1. The molecule has 0 bridgehead atoms. The molecular formula is C12H25NO3. The predicted octanol–water partition coefficient (Wildman–Crippen LogP) is 1.42. The number of carbonyl (C=O) groups excluding carboxylic acids is 1. The summed E-state index contributed by atoms with van der Waals surface area (Å²) in [5, 5.41) is 9.73. The molecule has 0 aromatic carbocycles. The van der Waals surface area contributed by atoms with E-state index in [0.29, 0.717) is 6.61 Å². The molecule has 1 N–H and O–H groups in total. The molecule has 16 heavy (non-hydrogen) atoms. The summed E-state index contributed by atoms with van der Waals surface area (Å²) in [6.07, 6.45) is -0.733. The van der Waals surface area contributed by atoms with E-state index in [4.69, 9.17) is 4.74 Å². The van der Waals surface area contributed by atoms with Crippen molar-refractivity contribution in [2.24, 2.45) is 0 Å². The average Bonchev–Trinajstić information content (AvgIpc) is 2.11. The van der Waals surface area contributed by atoms with E-state index in [2.05, 4.69) is 0 Å². The largest absolute Gasteiger partial charge is 0.465 e. The minimum atomic E-state index is -0.733. The van der Waals surface area contributed by atoms with Crippen molar-refractivity contribution in [3.63, 3.8) is 0 Å². The van der Waals surface area contributed by atoms with Gasteiger partial charge in [-0.15, -0.1) is 0 Å². The first kappa shape index (κ1) is 15.4. The first-order chi connectivity index (χ1) is 7.32. The summed E-state index contributed by atoms with van der Waals surface area (Å²) >= 11 is 0. The van der Waals surface area contributed by atoms with Crippen molar-refractivity contribution in [2.45, 2.75) is 65.8 Å². The third kappa shape index (κ3) is 4.10. The number of esters is 1. The molecule has 0 aromatic heterocycles. The third-order valence-corrected chi connectivity index (χ3v) is 2.50. The smallest absolute Gasteiger partial charge is 0.326 e. The summed E-state index contributed by atoms with van der Waals surface area (Å²) in [5.41, 5.74) is 0. The van der Waals surface area contributed by atoms with Crippen molar-refractivity contribution < 1.29 is 14.6 Å². The number of nitrogens with zero attached hydrogens (tertiary/aromatic N) is 1. The van der Waals surface area contributed by atoms with Crippen molar-refractivity contribution in [3.05, 3.63) is 0 Å². The summed E-state index contributed by atoms with van der Waals surface area (Å²) in [4.78, 5) is 13.8. The predicted molar refractivity (Wildman–Crippen MR) is 64.2 cm³/mol. The van der Waals surface area contributed by atoms with Crippen molar-refractivity contribution >= 4 is 5.97 Å². The fourth-order valence-electron chi connectivity index (χ4n) is 2.03. The van der Waals surface area contributed by atoms with Crippen LogP contribution in [-0.2, 0) is 9.53 Å². The number of carbonyl (C=O) groups is 1. The number of hydrogen-bond donors (Lipinski definition) is 1. The van der Waals surface area contributed by atoms with Gasteiger partial charge in [0.25, 0.3) is 0 Å². The summed E-state index contributed by atoms with van der Waals surface area (Å²) in [6, 6.07) is -0.215. The molecule has 0 unspecified atom stereocenters. The second-order valence-electron chi connectivity index (χ2n) is 4.57. The Morgan fingerprint density at radius 1 is 1.19 bits per heavy atom. The van der Waals surface area contributed by atoms with Crippen molar-refractivity contribution in [1.82, 2.24) is 4.90 Å². The highest BCUT2D eigenvalue weighted by molar-refractivity contribution is 5.76. The van der Waals surface area contributed by atoms with Gasteiger partial charge in [-0.2, -0.15) is 0 Å². The van der Waals surface area contributed by atoms with Gasteiger partial charge in [0.15, 0.2) is 0 Å². The molecule has 96 valence electrons. The van der Waals surface area contributed by atoms with Gasteiger partial charge < -0.3 is 9.84 Å². The lowest BCUT2D eigenvalue weighted by atomic mass is 10.1. The minimum Gasteiger partial charge on any atom is -0.465 e. The Bertz CT molecular complexity index is 206. The molecule has 0 radical (unpaired) electrons. The van der Waals surface area contributed by atoms with Crippen LogP contribution in [-0.4, -0.2) is 46.8 Å². The second-order valence-corrected chi connectivity index (χ2v) is 4.57. The van der Waals surface area contributed by atoms with E-state index in [9.17, 15) is 9.90 Å². The van der Waals surface area contributed by atoms with Gasteiger partial charge in [-0.3, -0.25) is 9.69 Å². The van der Waals surface area contributed by atoms with Crippen molar-refractivity contribution in [2.75, 3.05) is 6.61 Å².